The van der Waals surface area contributed by atoms with Gasteiger partial charge in [-0.25, -0.2) is 0 Å². The first-order chi connectivity index (χ1) is 9.51. The van der Waals surface area contributed by atoms with E-state index in [9.17, 15) is 13.6 Å². The van der Waals surface area contributed by atoms with Crippen molar-refractivity contribution in [1.29, 1.82) is 0 Å². The summed E-state index contributed by atoms with van der Waals surface area (Å²) < 4.78 is 28.3. The predicted octanol–water partition coefficient (Wildman–Crippen LogP) is 2.02. The molecule has 0 aliphatic heterocycles. The number of ether oxygens (including phenoxy) is 1. The zero-order chi connectivity index (χ0) is 15.0. The quantitative estimate of drug-likeness (QED) is 0.743. The van der Waals surface area contributed by atoms with Crippen LogP contribution in [0.25, 0.3) is 0 Å². The number of rotatable bonds is 8. The molecule has 1 N–H and O–H groups in total. The standard InChI is InChI=1S/C14H18F2N2O2/c1-3-8-17-13(19)10-18(2)9-11-4-6-12(7-5-11)20-14(15)16/h3-7,14H,1,8-10H2,2H3,(H,17,19). The fourth-order valence-corrected chi connectivity index (χ4v) is 1.63. The minimum Gasteiger partial charge on any atom is -0.435 e. The van der Waals surface area contributed by atoms with Crippen molar-refractivity contribution in [3.63, 3.8) is 0 Å². The van der Waals surface area contributed by atoms with Crippen molar-refractivity contribution in [2.75, 3.05) is 20.1 Å². The molecular formula is C14H18F2N2O2. The maximum Gasteiger partial charge on any atom is 0.387 e. The molecule has 0 aliphatic carbocycles. The first-order valence-corrected chi connectivity index (χ1v) is 6.11. The molecule has 4 nitrogen and oxygen atoms in total. The highest BCUT2D eigenvalue weighted by molar-refractivity contribution is 5.78. The molecule has 20 heavy (non-hydrogen) atoms. The van der Waals surface area contributed by atoms with Crippen molar-refractivity contribution in [3.05, 3.63) is 42.5 Å². The van der Waals surface area contributed by atoms with E-state index in [1.54, 1.807) is 25.3 Å². The first kappa shape index (κ1) is 16.1. The summed E-state index contributed by atoms with van der Waals surface area (Å²) in [5, 5.41) is 2.68. The summed E-state index contributed by atoms with van der Waals surface area (Å²) in [6.45, 7) is 1.92. The molecule has 0 aliphatic rings. The van der Waals surface area contributed by atoms with Gasteiger partial charge in [-0.3, -0.25) is 9.69 Å². The Kier molecular flexibility index (Phi) is 6.66. The average Bonchev–Trinajstić information content (AvgIpc) is 2.38. The zero-order valence-electron chi connectivity index (χ0n) is 11.3. The lowest BCUT2D eigenvalue weighted by Crippen LogP contribution is -2.34. The molecule has 0 atom stereocenters. The molecule has 1 aromatic rings. The van der Waals surface area contributed by atoms with Crippen LogP contribution in [0.4, 0.5) is 8.78 Å². The molecule has 0 spiro atoms. The van der Waals surface area contributed by atoms with Gasteiger partial charge in [0.25, 0.3) is 0 Å². The normalized spacial score (nSPS) is 10.7. The van der Waals surface area contributed by atoms with E-state index in [0.29, 0.717) is 13.1 Å². The van der Waals surface area contributed by atoms with Crippen molar-refractivity contribution in [2.45, 2.75) is 13.2 Å². The van der Waals surface area contributed by atoms with Crippen LogP contribution in [0, 0.1) is 0 Å². The van der Waals surface area contributed by atoms with Crippen LogP contribution in [0.2, 0.25) is 0 Å². The Morgan fingerprint density at radius 1 is 1.45 bits per heavy atom. The summed E-state index contributed by atoms with van der Waals surface area (Å²) in [7, 11) is 1.80. The Morgan fingerprint density at radius 3 is 2.65 bits per heavy atom. The maximum absolute atomic E-state index is 12.0. The van der Waals surface area contributed by atoms with Gasteiger partial charge in [0.15, 0.2) is 0 Å². The van der Waals surface area contributed by atoms with E-state index < -0.39 is 6.61 Å². The summed E-state index contributed by atoms with van der Waals surface area (Å²) in [6.07, 6.45) is 1.61. The van der Waals surface area contributed by atoms with E-state index in [-0.39, 0.29) is 18.2 Å². The van der Waals surface area contributed by atoms with Crippen LogP contribution < -0.4 is 10.1 Å². The lowest BCUT2D eigenvalue weighted by Gasteiger charge is -2.16. The molecule has 0 aromatic heterocycles. The Labute approximate surface area is 117 Å². The highest BCUT2D eigenvalue weighted by Crippen LogP contribution is 2.15. The maximum atomic E-state index is 12.0. The molecule has 1 amide bonds. The molecule has 0 saturated heterocycles. The van der Waals surface area contributed by atoms with Gasteiger partial charge in [-0.2, -0.15) is 8.78 Å². The van der Waals surface area contributed by atoms with Gasteiger partial charge >= 0.3 is 6.61 Å². The smallest absolute Gasteiger partial charge is 0.387 e. The number of hydrogen-bond donors (Lipinski definition) is 1. The third-order valence-corrected chi connectivity index (χ3v) is 2.46. The van der Waals surface area contributed by atoms with E-state index in [2.05, 4.69) is 16.6 Å². The Bertz CT molecular complexity index is 435. The van der Waals surface area contributed by atoms with Gasteiger partial charge in [-0.15, -0.1) is 6.58 Å². The second-order valence-electron chi connectivity index (χ2n) is 4.29. The van der Waals surface area contributed by atoms with Crippen LogP contribution in [-0.2, 0) is 11.3 Å². The molecule has 0 heterocycles. The van der Waals surface area contributed by atoms with E-state index in [1.165, 1.54) is 12.1 Å². The summed E-state index contributed by atoms with van der Waals surface area (Å²) in [5.74, 6) is 0.0279. The van der Waals surface area contributed by atoms with Gasteiger partial charge in [0.05, 0.1) is 6.54 Å². The van der Waals surface area contributed by atoms with Crippen LogP contribution >= 0.6 is 0 Å². The average molecular weight is 284 g/mol. The molecular weight excluding hydrogens is 266 g/mol. The van der Waals surface area contributed by atoms with Gasteiger partial charge in [0.1, 0.15) is 5.75 Å². The van der Waals surface area contributed by atoms with E-state index >= 15 is 0 Å². The number of nitrogens with one attached hydrogen (secondary N) is 1. The summed E-state index contributed by atoms with van der Waals surface area (Å²) in [4.78, 5) is 13.3. The number of halogens is 2. The van der Waals surface area contributed by atoms with E-state index in [1.807, 2.05) is 4.90 Å². The van der Waals surface area contributed by atoms with Crippen molar-refractivity contribution in [3.8, 4) is 5.75 Å². The molecule has 0 fully saturated rings. The van der Waals surface area contributed by atoms with E-state index in [0.717, 1.165) is 5.56 Å². The number of likely N-dealkylation sites (N-methyl/N-ethyl adjacent to an activating group) is 1. The highest BCUT2D eigenvalue weighted by atomic mass is 19.3. The van der Waals surface area contributed by atoms with Crippen molar-refractivity contribution in [1.82, 2.24) is 10.2 Å². The van der Waals surface area contributed by atoms with Crippen LogP contribution in [0.5, 0.6) is 5.75 Å². The fourth-order valence-electron chi connectivity index (χ4n) is 1.63. The van der Waals surface area contributed by atoms with Gasteiger partial charge in [0.2, 0.25) is 5.91 Å². The van der Waals surface area contributed by atoms with Crippen LogP contribution in [0.3, 0.4) is 0 Å². The molecule has 1 aromatic carbocycles. The first-order valence-electron chi connectivity index (χ1n) is 6.11. The minimum absolute atomic E-state index is 0.0925. The number of hydrogen-bond acceptors (Lipinski definition) is 3. The van der Waals surface area contributed by atoms with Crippen LogP contribution in [0.15, 0.2) is 36.9 Å². The lowest BCUT2D eigenvalue weighted by molar-refractivity contribution is -0.121. The molecule has 0 radical (unpaired) electrons. The third-order valence-electron chi connectivity index (χ3n) is 2.46. The third kappa shape index (κ3) is 6.29. The van der Waals surface area contributed by atoms with Crippen LogP contribution in [-0.4, -0.2) is 37.6 Å². The summed E-state index contributed by atoms with van der Waals surface area (Å²) in [6, 6.07) is 6.34. The van der Waals surface area contributed by atoms with Gasteiger partial charge in [-0.05, 0) is 24.7 Å². The number of benzene rings is 1. The molecule has 6 heteroatoms. The monoisotopic (exact) mass is 284 g/mol. The second kappa shape index (κ2) is 8.27. The van der Waals surface area contributed by atoms with E-state index in [4.69, 9.17) is 0 Å². The van der Waals surface area contributed by atoms with Crippen molar-refractivity contribution in [2.24, 2.45) is 0 Å². The SMILES string of the molecule is C=CCNC(=O)CN(C)Cc1ccc(OC(F)F)cc1. The predicted molar refractivity (Wildman–Crippen MR) is 72.6 cm³/mol. The van der Waals surface area contributed by atoms with Gasteiger partial charge < -0.3 is 10.1 Å². The Balaban J connectivity index is 2.43. The number of amides is 1. The molecule has 0 bridgehead atoms. The van der Waals surface area contributed by atoms with Crippen molar-refractivity contribution >= 4 is 5.91 Å². The highest BCUT2D eigenvalue weighted by Gasteiger charge is 2.07. The zero-order valence-corrected chi connectivity index (χ0v) is 11.3. The number of carbonyl (C=O) groups is 1. The fraction of sp³-hybridized carbons (Fsp3) is 0.357. The summed E-state index contributed by atoms with van der Waals surface area (Å²) in [5.41, 5.74) is 0.908. The number of carbonyl (C=O) groups excluding carboxylic acids is 1. The molecule has 110 valence electrons. The Morgan fingerprint density at radius 2 is 2.10 bits per heavy atom. The molecule has 1 rings (SSSR count). The lowest BCUT2D eigenvalue weighted by atomic mass is 10.2. The molecule has 0 unspecified atom stereocenters. The van der Waals surface area contributed by atoms with Gasteiger partial charge in [-0.1, -0.05) is 18.2 Å². The topological polar surface area (TPSA) is 41.6 Å². The molecule has 0 saturated carbocycles. The Hall–Kier alpha value is -1.95. The number of nitrogens with zero attached hydrogens (tertiary/aromatic N) is 1. The van der Waals surface area contributed by atoms with Gasteiger partial charge in [0, 0.05) is 13.1 Å². The minimum atomic E-state index is -2.82. The second-order valence-corrected chi connectivity index (χ2v) is 4.29. The number of alkyl halides is 2. The van der Waals surface area contributed by atoms with Crippen molar-refractivity contribution < 1.29 is 18.3 Å². The van der Waals surface area contributed by atoms with Crippen LogP contribution in [0.1, 0.15) is 5.56 Å². The largest absolute Gasteiger partial charge is 0.435 e. The summed E-state index contributed by atoms with van der Waals surface area (Å²) >= 11 is 0.